The monoisotopic (exact) mass is 500 g/mol. The van der Waals surface area contributed by atoms with Crippen LogP contribution >= 0.6 is 24.0 Å². The molecule has 2 aromatic carbocycles. The van der Waals surface area contributed by atoms with Crippen molar-refractivity contribution in [3.63, 3.8) is 0 Å². The number of carbonyl (C=O) groups excluding carboxylic acids is 1. The second-order valence-electron chi connectivity index (χ2n) is 6.01. The third-order valence-corrected chi connectivity index (χ3v) is 3.82. The van der Waals surface area contributed by atoms with Crippen molar-refractivity contribution in [3.05, 3.63) is 65.0 Å². The second-order valence-corrected chi connectivity index (χ2v) is 6.01. The Bertz CT molecular complexity index is 797. The van der Waals surface area contributed by atoms with Crippen LogP contribution in [0.2, 0.25) is 0 Å². The number of nitrogens with zero attached hydrogens (tertiary/aromatic N) is 1. The maximum absolute atomic E-state index is 13.3. The van der Waals surface area contributed by atoms with Crippen LogP contribution in [0, 0.1) is 12.7 Å². The van der Waals surface area contributed by atoms with Gasteiger partial charge in [0.15, 0.2) is 5.96 Å². The minimum atomic E-state index is -0.225. The number of hydrogen-bond donors (Lipinski definition) is 4. The zero-order valence-electron chi connectivity index (χ0n) is 16.0. The van der Waals surface area contributed by atoms with Crippen molar-refractivity contribution in [3.8, 4) is 5.75 Å². The Morgan fingerprint density at radius 3 is 2.39 bits per heavy atom. The van der Waals surface area contributed by atoms with Crippen LogP contribution in [0.4, 0.5) is 4.39 Å². The molecule has 6 nitrogen and oxygen atoms in total. The van der Waals surface area contributed by atoms with Gasteiger partial charge in [0.1, 0.15) is 11.6 Å². The fraction of sp³-hybridized carbons (Fsp3) is 0.300. The third kappa shape index (κ3) is 7.71. The molecule has 0 spiro atoms. The van der Waals surface area contributed by atoms with Crippen molar-refractivity contribution in [2.75, 3.05) is 19.6 Å². The summed E-state index contributed by atoms with van der Waals surface area (Å²) in [6.45, 7) is 5.73. The number of aromatic hydroxyl groups is 1. The molecule has 0 aliphatic rings. The first-order valence-electron chi connectivity index (χ1n) is 8.84. The summed E-state index contributed by atoms with van der Waals surface area (Å²) in [7, 11) is 0. The molecule has 2 rings (SSSR count). The van der Waals surface area contributed by atoms with E-state index in [1.54, 1.807) is 31.2 Å². The zero-order chi connectivity index (χ0) is 19.6. The number of benzene rings is 2. The lowest BCUT2D eigenvalue weighted by atomic mass is 10.1. The molecule has 0 radical (unpaired) electrons. The van der Waals surface area contributed by atoms with Crippen molar-refractivity contribution in [1.82, 2.24) is 16.0 Å². The number of phenolic OH excluding ortho intramolecular Hbond substituents is 1. The van der Waals surface area contributed by atoms with E-state index >= 15 is 0 Å². The molecule has 0 bridgehead atoms. The lowest BCUT2D eigenvalue weighted by molar-refractivity contribution is 0.0954. The molecule has 0 atom stereocenters. The highest BCUT2D eigenvalue weighted by molar-refractivity contribution is 14.0. The van der Waals surface area contributed by atoms with Gasteiger partial charge in [-0.2, -0.15) is 0 Å². The first-order valence-corrected chi connectivity index (χ1v) is 8.84. The van der Waals surface area contributed by atoms with Gasteiger partial charge in [-0.1, -0.05) is 12.1 Å². The third-order valence-electron chi connectivity index (χ3n) is 3.82. The Labute approximate surface area is 181 Å². The fourth-order valence-corrected chi connectivity index (χ4v) is 2.39. The largest absolute Gasteiger partial charge is 0.508 e. The van der Waals surface area contributed by atoms with E-state index in [9.17, 15) is 14.3 Å². The quantitative estimate of drug-likeness (QED) is 0.204. The minimum Gasteiger partial charge on any atom is -0.508 e. The summed E-state index contributed by atoms with van der Waals surface area (Å²) in [6.07, 6.45) is 0. The van der Waals surface area contributed by atoms with E-state index in [1.165, 1.54) is 18.2 Å². The van der Waals surface area contributed by atoms with E-state index in [0.717, 1.165) is 5.56 Å². The Morgan fingerprint density at radius 1 is 1.07 bits per heavy atom. The number of guanidine groups is 1. The van der Waals surface area contributed by atoms with Crippen LogP contribution in [0.5, 0.6) is 5.75 Å². The highest BCUT2D eigenvalue weighted by Crippen LogP contribution is 2.10. The average molecular weight is 500 g/mol. The topological polar surface area (TPSA) is 85.8 Å². The van der Waals surface area contributed by atoms with E-state index in [-0.39, 0.29) is 41.5 Å². The van der Waals surface area contributed by atoms with Crippen LogP contribution in [0.25, 0.3) is 0 Å². The van der Waals surface area contributed by atoms with Gasteiger partial charge in [-0.05, 0) is 55.3 Å². The Balaban J connectivity index is 0.00000392. The van der Waals surface area contributed by atoms with Crippen molar-refractivity contribution in [2.45, 2.75) is 20.4 Å². The smallest absolute Gasteiger partial charge is 0.251 e. The molecule has 4 N–H and O–H groups in total. The Morgan fingerprint density at radius 2 is 1.75 bits per heavy atom. The summed E-state index contributed by atoms with van der Waals surface area (Å²) in [5.41, 5.74) is 2.00. The van der Waals surface area contributed by atoms with Gasteiger partial charge in [-0.15, -0.1) is 24.0 Å². The molecule has 2 aromatic rings. The molecule has 0 aliphatic heterocycles. The first kappa shape index (κ1) is 23.7. The number of rotatable bonds is 7. The number of hydrogen-bond acceptors (Lipinski definition) is 3. The van der Waals surface area contributed by atoms with Gasteiger partial charge in [0.2, 0.25) is 0 Å². The maximum Gasteiger partial charge on any atom is 0.251 e. The molecule has 0 aromatic heterocycles. The molecule has 152 valence electrons. The van der Waals surface area contributed by atoms with E-state index in [4.69, 9.17) is 0 Å². The van der Waals surface area contributed by atoms with Gasteiger partial charge in [0.05, 0.1) is 6.54 Å². The summed E-state index contributed by atoms with van der Waals surface area (Å²) in [6, 6.07) is 11.0. The maximum atomic E-state index is 13.3. The van der Waals surface area contributed by atoms with Crippen LogP contribution in [0.15, 0.2) is 47.5 Å². The van der Waals surface area contributed by atoms with Gasteiger partial charge < -0.3 is 21.1 Å². The van der Waals surface area contributed by atoms with Crippen LogP contribution in [0.1, 0.15) is 28.4 Å². The standard InChI is InChI=1S/C20H25FN4O2.HI/c1-3-22-20(25-13-15-4-9-18(21)14(2)12-15)24-11-10-23-19(27)16-5-7-17(26)8-6-16;/h4-9,12,26H,3,10-11,13H2,1-2H3,(H,23,27)(H2,22,24,25);1H. The molecule has 0 heterocycles. The van der Waals surface area contributed by atoms with Gasteiger partial charge in [-0.3, -0.25) is 4.79 Å². The highest BCUT2D eigenvalue weighted by atomic mass is 127. The van der Waals surface area contributed by atoms with Crippen LogP contribution in [0.3, 0.4) is 0 Å². The summed E-state index contributed by atoms with van der Waals surface area (Å²) >= 11 is 0. The number of halogens is 2. The molecule has 28 heavy (non-hydrogen) atoms. The lowest BCUT2D eigenvalue weighted by Crippen LogP contribution is -2.41. The number of nitrogens with one attached hydrogen (secondary N) is 3. The van der Waals surface area contributed by atoms with E-state index < -0.39 is 0 Å². The van der Waals surface area contributed by atoms with Crippen LogP contribution in [-0.2, 0) is 6.54 Å². The van der Waals surface area contributed by atoms with E-state index in [1.807, 2.05) is 6.92 Å². The first-order chi connectivity index (χ1) is 13.0. The van der Waals surface area contributed by atoms with Crippen molar-refractivity contribution >= 4 is 35.8 Å². The summed E-state index contributed by atoms with van der Waals surface area (Å²) in [5.74, 6) is 0.312. The number of aryl methyl sites for hydroxylation is 1. The average Bonchev–Trinajstić information content (AvgIpc) is 2.66. The van der Waals surface area contributed by atoms with Gasteiger partial charge in [0, 0.05) is 25.2 Å². The van der Waals surface area contributed by atoms with E-state index in [0.29, 0.717) is 43.3 Å². The van der Waals surface area contributed by atoms with Crippen molar-refractivity contribution < 1.29 is 14.3 Å². The number of phenols is 1. The SMILES string of the molecule is CCNC(=NCc1ccc(F)c(C)c1)NCCNC(=O)c1ccc(O)cc1.I. The Kier molecular flexibility index (Phi) is 10.3. The molecule has 0 saturated carbocycles. The second kappa shape index (κ2) is 12.2. The predicted molar refractivity (Wildman–Crippen MR) is 120 cm³/mol. The Hall–Kier alpha value is -2.36. The normalized spacial score (nSPS) is 10.8. The summed E-state index contributed by atoms with van der Waals surface area (Å²) < 4.78 is 13.3. The van der Waals surface area contributed by atoms with Gasteiger partial charge in [-0.25, -0.2) is 9.38 Å². The number of aliphatic imine (C=N–C) groups is 1. The van der Waals surface area contributed by atoms with E-state index in [2.05, 4.69) is 20.9 Å². The van der Waals surface area contributed by atoms with Crippen molar-refractivity contribution in [1.29, 1.82) is 0 Å². The molecule has 0 unspecified atom stereocenters. The molecule has 1 amide bonds. The van der Waals surface area contributed by atoms with Crippen LogP contribution in [-0.4, -0.2) is 36.6 Å². The predicted octanol–water partition coefficient (Wildman–Crippen LogP) is 2.94. The molecule has 0 saturated heterocycles. The highest BCUT2D eigenvalue weighted by Gasteiger charge is 2.05. The zero-order valence-corrected chi connectivity index (χ0v) is 18.3. The molecule has 0 aliphatic carbocycles. The van der Waals surface area contributed by atoms with Gasteiger partial charge >= 0.3 is 0 Å². The van der Waals surface area contributed by atoms with Crippen LogP contribution < -0.4 is 16.0 Å². The molecular weight excluding hydrogens is 474 g/mol. The number of amides is 1. The molecule has 0 fully saturated rings. The van der Waals surface area contributed by atoms with Crippen molar-refractivity contribution in [2.24, 2.45) is 4.99 Å². The van der Waals surface area contributed by atoms with Gasteiger partial charge in [0.25, 0.3) is 5.91 Å². The minimum absolute atomic E-state index is 0. The molecular formula is C20H26FIN4O2. The molecule has 8 heteroatoms. The summed E-state index contributed by atoms with van der Waals surface area (Å²) in [5, 5.41) is 18.3. The lowest BCUT2D eigenvalue weighted by Gasteiger charge is -2.12. The fourth-order valence-electron chi connectivity index (χ4n) is 2.39. The summed E-state index contributed by atoms with van der Waals surface area (Å²) in [4.78, 5) is 16.5. The number of carbonyl (C=O) groups is 1.